The number of ether oxygens (including phenoxy) is 2. The molecule has 0 amide bonds. The first-order valence-corrected chi connectivity index (χ1v) is 5.90. The lowest BCUT2D eigenvalue weighted by Gasteiger charge is -2.20. The van der Waals surface area contributed by atoms with Gasteiger partial charge in [-0.2, -0.15) is 0 Å². The monoisotopic (exact) mass is 242 g/mol. The van der Waals surface area contributed by atoms with Crippen LogP contribution in [-0.2, 0) is 19.1 Å². The molecule has 0 unspecified atom stereocenters. The second-order valence-electron chi connectivity index (χ2n) is 4.45. The molecule has 0 spiro atoms. The third-order valence-electron chi connectivity index (χ3n) is 2.62. The van der Waals surface area contributed by atoms with E-state index in [9.17, 15) is 9.59 Å². The molecule has 0 aromatic heterocycles. The quantitative estimate of drug-likeness (QED) is 0.373. The van der Waals surface area contributed by atoms with E-state index < -0.39 is 11.4 Å². The molecule has 0 radical (unpaired) electrons. The second kappa shape index (κ2) is 7.87. The summed E-state index contributed by atoms with van der Waals surface area (Å²) in [7, 11) is 0. The summed E-state index contributed by atoms with van der Waals surface area (Å²) in [5.41, 5.74) is -0.421. The molecular formula is C13H22O4. The van der Waals surface area contributed by atoms with E-state index in [1.165, 1.54) is 0 Å². The third-order valence-corrected chi connectivity index (χ3v) is 2.62. The number of hydrogen-bond donors (Lipinski definition) is 0. The van der Waals surface area contributed by atoms with E-state index in [1.807, 2.05) is 20.8 Å². The fourth-order valence-electron chi connectivity index (χ4n) is 0.940. The Morgan fingerprint density at radius 3 is 2.18 bits per heavy atom. The molecule has 0 aromatic rings. The molecule has 17 heavy (non-hydrogen) atoms. The molecule has 0 aliphatic heterocycles. The summed E-state index contributed by atoms with van der Waals surface area (Å²) in [4.78, 5) is 22.3. The highest BCUT2D eigenvalue weighted by Crippen LogP contribution is 2.21. The van der Waals surface area contributed by atoms with Crippen LogP contribution in [0.2, 0.25) is 0 Å². The Hall–Kier alpha value is -1.32. The van der Waals surface area contributed by atoms with Crippen LogP contribution >= 0.6 is 0 Å². The summed E-state index contributed by atoms with van der Waals surface area (Å²) in [6.45, 7) is 9.67. The van der Waals surface area contributed by atoms with Gasteiger partial charge in [0.15, 0.2) is 0 Å². The van der Waals surface area contributed by atoms with Gasteiger partial charge >= 0.3 is 11.9 Å². The van der Waals surface area contributed by atoms with Gasteiger partial charge in [-0.15, -0.1) is 0 Å². The van der Waals surface area contributed by atoms with Gasteiger partial charge in [-0.3, -0.25) is 4.79 Å². The van der Waals surface area contributed by atoms with E-state index >= 15 is 0 Å². The fraction of sp³-hybridized carbons (Fsp3) is 0.692. The average Bonchev–Trinajstić information content (AvgIpc) is 2.32. The SMILES string of the molecule is C=CC(=O)OCCCCOC(=O)C(C)(C)CC. The van der Waals surface area contributed by atoms with Crippen molar-refractivity contribution in [2.45, 2.75) is 40.0 Å². The molecule has 98 valence electrons. The van der Waals surface area contributed by atoms with Crippen molar-refractivity contribution in [3.05, 3.63) is 12.7 Å². The van der Waals surface area contributed by atoms with Gasteiger partial charge in [0.05, 0.1) is 18.6 Å². The summed E-state index contributed by atoms with van der Waals surface area (Å²) in [5, 5.41) is 0. The molecule has 0 fully saturated rings. The van der Waals surface area contributed by atoms with Crippen LogP contribution in [0.4, 0.5) is 0 Å². The van der Waals surface area contributed by atoms with Crippen LogP contribution in [0.5, 0.6) is 0 Å². The Bertz CT molecular complexity index is 269. The van der Waals surface area contributed by atoms with Crippen LogP contribution in [0.25, 0.3) is 0 Å². The van der Waals surface area contributed by atoms with Gasteiger partial charge in [0.25, 0.3) is 0 Å². The van der Waals surface area contributed by atoms with Crippen LogP contribution in [0.15, 0.2) is 12.7 Å². The van der Waals surface area contributed by atoms with Gasteiger partial charge in [0.1, 0.15) is 0 Å². The zero-order valence-corrected chi connectivity index (χ0v) is 11.0. The lowest BCUT2D eigenvalue weighted by molar-refractivity contribution is -0.154. The summed E-state index contributed by atoms with van der Waals surface area (Å²) in [5.74, 6) is -0.600. The first-order chi connectivity index (χ1) is 7.94. The summed E-state index contributed by atoms with van der Waals surface area (Å²) in [6, 6.07) is 0. The topological polar surface area (TPSA) is 52.6 Å². The Kier molecular flexibility index (Phi) is 7.26. The molecule has 0 saturated heterocycles. The molecule has 0 aliphatic carbocycles. The molecule has 0 N–H and O–H groups in total. The van der Waals surface area contributed by atoms with Crippen LogP contribution in [0.3, 0.4) is 0 Å². The highest BCUT2D eigenvalue weighted by molar-refractivity contribution is 5.81. The van der Waals surface area contributed by atoms with Gasteiger partial charge in [-0.05, 0) is 33.1 Å². The standard InChI is InChI=1S/C13H22O4/c1-5-11(14)16-9-7-8-10-17-12(15)13(3,4)6-2/h5H,1,6-10H2,2-4H3. The van der Waals surface area contributed by atoms with Gasteiger partial charge in [0.2, 0.25) is 0 Å². The molecule has 0 atom stereocenters. The van der Waals surface area contributed by atoms with Crippen LogP contribution in [0.1, 0.15) is 40.0 Å². The smallest absolute Gasteiger partial charge is 0.330 e. The van der Waals surface area contributed by atoms with Gasteiger partial charge in [0, 0.05) is 6.08 Å². The van der Waals surface area contributed by atoms with Crippen LogP contribution in [-0.4, -0.2) is 25.2 Å². The number of unbranched alkanes of at least 4 members (excludes halogenated alkanes) is 1. The predicted molar refractivity (Wildman–Crippen MR) is 65.4 cm³/mol. The van der Waals surface area contributed by atoms with Crippen molar-refractivity contribution in [2.24, 2.45) is 5.41 Å². The van der Waals surface area contributed by atoms with Crippen LogP contribution < -0.4 is 0 Å². The molecule has 0 saturated carbocycles. The van der Waals surface area contributed by atoms with Gasteiger partial charge < -0.3 is 9.47 Å². The van der Waals surface area contributed by atoms with E-state index in [4.69, 9.17) is 9.47 Å². The van der Waals surface area contributed by atoms with E-state index in [0.29, 0.717) is 26.1 Å². The van der Waals surface area contributed by atoms with Gasteiger partial charge in [-0.1, -0.05) is 13.5 Å². The second-order valence-corrected chi connectivity index (χ2v) is 4.45. The molecule has 0 heterocycles. The average molecular weight is 242 g/mol. The van der Waals surface area contributed by atoms with E-state index in [2.05, 4.69) is 6.58 Å². The van der Waals surface area contributed by atoms with E-state index in [1.54, 1.807) is 0 Å². The molecule has 0 aliphatic rings. The normalized spacial score (nSPS) is 10.8. The van der Waals surface area contributed by atoms with E-state index in [0.717, 1.165) is 12.5 Å². The van der Waals surface area contributed by atoms with Crippen molar-refractivity contribution in [1.82, 2.24) is 0 Å². The van der Waals surface area contributed by atoms with Crippen molar-refractivity contribution in [1.29, 1.82) is 0 Å². The maximum atomic E-state index is 11.6. The molecule has 0 bridgehead atoms. The zero-order valence-electron chi connectivity index (χ0n) is 11.0. The predicted octanol–water partition coefficient (Wildman–Crippen LogP) is 2.48. The lowest BCUT2D eigenvalue weighted by Crippen LogP contribution is -2.26. The van der Waals surface area contributed by atoms with Crippen molar-refractivity contribution < 1.29 is 19.1 Å². The Morgan fingerprint density at radius 1 is 1.18 bits per heavy atom. The lowest BCUT2D eigenvalue weighted by atomic mass is 9.91. The Balaban J connectivity index is 3.56. The summed E-state index contributed by atoms with van der Waals surface area (Å²) in [6.07, 6.45) is 3.25. The minimum Gasteiger partial charge on any atom is -0.465 e. The largest absolute Gasteiger partial charge is 0.465 e. The Labute approximate surface area is 103 Å². The number of rotatable bonds is 8. The summed E-state index contributed by atoms with van der Waals surface area (Å²) >= 11 is 0. The first kappa shape index (κ1) is 15.7. The van der Waals surface area contributed by atoms with Crippen LogP contribution in [0, 0.1) is 5.41 Å². The molecule has 0 rings (SSSR count). The number of carbonyl (C=O) groups is 2. The highest BCUT2D eigenvalue weighted by atomic mass is 16.5. The van der Waals surface area contributed by atoms with E-state index in [-0.39, 0.29) is 5.97 Å². The minimum absolute atomic E-state index is 0.178. The van der Waals surface area contributed by atoms with Crippen molar-refractivity contribution in [3.63, 3.8) is 0 Å². The molecule has 4 nitrogen and oxygen atoms in total. The molecule has 0 aromatic carbocycles. The Morgan fingerprint density at radius 2 is 1.71 bits per heavy atom. The van der Waals surface area contributed by atoms with Crippen molar-refractivity contribution >= 4 is 11.9 Å². The van der Waals surface area contributed by atoms with Crippen molar-refractivity contribution in [2.75, 3.05) is 13.2 Å². The number of carbonyl (C=O) groups excluding carboxylic acids is 2. The molecular weight excluding hydrogens is 220 g/mol. The maximum absolute atomic E-state index is 11.6. The third kappa shape index (κ3) is 6.76. The number of hydrogen-bond acceptors (Lipinski definition) is 4. The first-order valence-electron chi connectivity index (χ1n) is 5.90. The van der Waals surface area contributed by atoms with Gasteiger partial charge in [-0.25, -0.2) is 4.79 Å². The zero-order chi connectivity index (χ0) is 13.3. The summed E-state index contributed by atoms with van der Waals surface area (Å²) < 4.78 is 9.92. The maximum Gasteiger partial charge on any atom is 0.330 e. The minimum atomic E-state index is -0.422. The number of esters is 2. The fourth-order valence-corrected chi connectivity index (χ4v) is 0.940. The highest BCUT2D eigenvalue weighted by Gasteiger charge is 2.26. The van der Waals surface area contributed by atoms with Crippen molar-refractivity contribution in [3.8, 4) is 0 Å². The molecule has 4 heteroatoms.